The molecule has 2 saturated heterocycles. The molecule has 1 aromatic carbocycles. The molecule has 10 heteroatoms. The summed E-state index contributed by atoms with van der Waals surface area (Å²) < 4.78 is 13.9. The molecule has 184 valence electrons. The second kappa shape index (κ2) is 8.58. The van der Waals surface area contributed by atoms with Crippen LogP contribution >= 0.6 is 0 Å². The maximum Gasteiger partial charge on any atom is 0.178 e. The highest BCUT2D eigenvalue weighted by molar-refractivity contribution is 5.89. The van der Waals surface area contributed by atoms with E-state index in [4.69, 9.17) is 15.7 Å². The molecule has 4 atom stereocenters. The number of anilines is 1. The van der Waals surface area contributed by atoms with E-state index in [1.165, 1.54) is 12.1 Å². The summed E-state index contributed by atoms with van der Waals surface area (Å²) in [6, 6.07) is 9.10. The van der Waals surface area contributed by atoms with Crippen LogP contribution < -0.4 is 21.5 Å². The van der Waals surface area contributed by atoms with Crippen LogP contribution in [0.5, 0.6) is 0 Å². The molecule has 9 nitrogen and oxygen atoms in total. The summed E-state index contributed by atoms with van der Waals surface area (Å²) in [7, 11) is 0. The maximum absolute atomic E-state index is 13.9. The van der Waals surface area contributed by atoms with Gasteiger partial charge in [-0.1, -0.05) is 12.1 Å². The van der Waals surface area contributed by atoms with Crippen LogP contribution in [0.25, 0.3) is 22.3 Å². The van der Waals surface area contributed by atoms with Crippen molar-refractivity contribution in [3.05, 3.63) is 66.3 Å². The van der Waals surface area contributed by atoms with Gasteiger partial charge in [0, 0.05) is 55.0 Å². The highest BCUT2D eigenvalue weighted by atomic mass is 19.1. The van der Waals surface area contributed by atoms with Gasteiger partial charge in [0.1, 0.15) is 17.5 Å². The summed E-state index contributed by atoms with van der Waals surface area (Å²) in [5, 5.41) is 0. The van der Waals surface area contributed by atoms with Crippen LogP contribution in [-0.2, 0) is 0 Å². The van der Waals surface area contributed by atoms with Gasteiger partial charge in [-0.15, -0.1) is 0 Å². The van der Waals surface area contributed by atoms with Crippen molar-refractivity contribution in [3.8, 4) is 11.1 Å². The molecule has 0 radical (unpaired) electrons. The van der Waals surface area contributed by atoms with E-state index < -0.39 is 0 Å². The number of aromatic amines is 1. The summed E-state index contributed by atoms with van der Waals surface area (Å²) >= 11 is 0. The highest BCUT2D eigenvalue weighted by Gasteiger charge is 2.43. The lowest BCUT2D eigenvalue weighted by Gasteiger charge is -2.38. The van der Waals surface area contributed by atoms with E-state index >= 15 is 0 Å². The Labute approximate surface area is 207 Å². The van der Waals surface area contributed by atoms with Crippen molar-refractivity contribution in [2.24, 2.45) is 11.7 Å². The fourth-order valence-corrected chi connectivity index (χ4v) is 5.99. The number of imidazole rings is 1. The van der Waals surface area contributed by atoms with Crippen molar-refractivity contribution < 1.29 is 4.39 Å². The molecule has 7 rings (SSSR count). The van der Waals surface area contributed by atoms with E-state index in [9.17, 15) is 4.39 Å². The quantitative estimate of drug-likeness (QED) is 0.348. The average molecular weight is 486 g/mol. The lowest BCUT2D eigenvalue weighted by Crippen LogP contribution is -2.56. The number of nitrogens with one attached hydrogen (secondary N) is 3. The number of hydrazine groups is 1. The fourth-order valence-electron chi connectivity index (χ4n) is 5.99. The Hall–Kier alpha value is -3.47. The molecule has 5 N–H and O–H groups in total. The van der Waals surface area contributed by atoms with Crippen molar-refractivity contribution in [2.75, 3.05) is 18.0 Å². The smallest absolute Gasteiger partial charge is 0.178 e. The summed E-state index contributed by atoms with van der Waals surface area (Å²) in [5.41, 5.74) is 17.1. The summed E-state index contributed by atoms with van der Waals surface area (Å²) in [6.45, 7) is 1.67. The largest absolute Gasteiger partial charge is 0.352 e. The monoisotopic (exact) mass is 485 g/mol. The maximum atomic E-state index is 13.9. The zero-order valence-corrected chi connectivity index (χ0v) is 19.7. The normalized spacial score (nSPS) is 26.2. The predicted octanol–water partition coefficient (Wildman–Crippen LogP) is 2.80. The van der Waals surface area contributed by atoms with E-state index in [-0.39, 0.29) is 17.9 Å². The summed E-state index contributed by atoms with van der Waals surface area (Å²) in [4.78, 5) is 24.5. The van der Waals surface area contributed by atoms with Gasteiger partial charge in [0.15, 0.2) is 5.65 Å². The Morgan fingerprint density at radius 3 is 2.83 bits per heavy atom. The average Bonchev–Trinajstić information content (AvgIpc) is 3.50. The van der Waals surface area contributed by atoms with Gasteiger partial charge in [0.05, 0.1) is 23.4 Å². The molecule has 3 aromatic heterocycles. The third kappa shape index (κ3) is 3.73. The molecule has 36 heavy (non-hydrogen) atoms. The van der Waals surface area contributed by atoms with Crippen LogP contribution in [0.3, 0.4) is 0 Å². The minimum atomic E-state index is -0.265. The van der Waals surface area contributed by atoms with Crippen LogP contribution in [0.1, 0.15) is 42.7 Å². The molecule has 1 saturated carbocycles. The van der Waals surface area contributed by atoms with E-state index in [2.05, 4.69) is 30.7 Å². The molecule has 0 spiro atoms. The number of nitrogens with two attached hydrogens (primary N) is 1. The molecule has 4 unspecified atom stereocenters. The first kappa shape index (κ1) is 21.8. The number of pyridine rings is 1. The first-order valence-corrected chi connectivity index (χ1v) is 12.6. The van der Waals surface area contributed by atoms with Gasteiger partial charge in [-0.3, -0.25) is 10.4 Å². The van der Waals surface area contributed by atoms with Crippen LogP contribution in [-0.4, -0.2) is 50.1 Å². The molecule has 4 aromatic rings. The first-order valence-electron chi connectivity index (χ1n) is 12.6. The highest BCUT2D eigenvalue weighted by Crippen LogP contribution is 2.43. The van der Waals surface area contributed by atoms with Crippen LogP contribution in [0, 0.1) is 11.7 Å². The van der Waals surface area contributed by atoms with Gasteiger partial charge in [0.2, 0.25) is 0 Å². The summed E-state index contributed by atoms with van der Waals surface area (Å²) in [5.74, 6) is 2.17. The minimum Gasteiger partial charge on any atom is -0.352 e. The van der Waals surface area contributed by atoms with E-state index in [1.807, 2.05) is 24.5 Å². The van der Waals surface area contributed by atoms with Gasteiger partial charge in [-0.2, -0.15) is 0 Å². The topological polar surface area (TPSA) is 121 Å². The standard InChI is InChI=1S/C26H28FN9/c27-16-3-1-2-14(8-16)18-6-7-30-25-23(18)32-26(33-25)24-19-9-15(4-5-20(19)34-35-24)21-10-29-11-22(31-21)36-12-17(28)13-36/h1-3,6-8,10-11,15,17,19-20,24,34-35H,4-5,9,12-13,28H2,(H,30,32,33). The lowest BCUT2D eigenvalue weighted by molar-refractivity contribution is 0.272. The molecule has 3 aliphatic rings. The molecular weight excluding hydrogens is 457 g/mol. The lowest BCUT2D eigenvalue weighted by atomic mass is 9.74. The molecule has 3 fully saturated rings. The number of rotatable bonds is 4. The van der Waals surface area contributed by atoms with E-state index in [0.717, 1.165) is 66.3 Å². The number of halogens is 1. The van der Waals surface area contributed by atoms with Crippen LogP contribution in [0.4, 0.5) is 10.2 Å². The fraction of sp³-hybridized carbons (Fsp3) is 0.385. The number of hydrogen-bond donors (Lipinski definition) is 4. The van der Waals surface area contributed by atoms with Gasteiger partial charge < -0.3 is 15.6 Å². The Balaban J connectivity index is 1.16. The van der Waals surface area contributed by atoms with Crippen molar-refractivity contribution in [3.63, 3.8) is 0 Å². The molecule has 0 bridgehead atoms. The van der Waals surface area contributed by atoms with Crippen LogP contribution in [0.2, 0.25) is 0 Å². The third-order valence-corrected chi connectivity index (χ3v) is 7.89. The number of hydrogen-bond acceptors (Lipinski definition) is 8. The SMILES string of the molecule is NC1CN(c2cncc(C3CCC4NNC(c5nc6nccc(-c7cccc(F)c7)c6[nH]5)C4C3)n2)C1. The van der Waals surface area contributed by atoms with Crippen molar-refractivity contribution >= 4 is 17.0 Å². The number of fused-ring (bicyclic) bond motifs is 2. The van der Waals surface area contributed by atoms with Gasteiger partial charge in [0.25, 0.3) is 0 Å². The van der Waals surface area contributed by atoms with Gasteiger partial charge in [-0.25, -0.2) is 24.8 Å². The Kier molecular flexibility index (Phi) is 5.19. The first-order chi connectivity index (χ1) is 17.6. The van der Waals surface area contributed by atoms with Crippen molar-refractivity contribution in [2.45, 2.75) is 43.3 Å². The van der Waals surface area contributed by atoms with Gasteiger partial charge >= 0.3 is 0 Å². The number of benzene rings is 1. The van der Waals surface area contributed by atoms with Crippen molar-refractivity contribution in [1.29, 1.82) is 0 Å². The summed E-state index contributed by atoms with van der Waals surface area (Å²) in [6.07, 6.45) is 8.56. The third-order valence-electron chi connectivity index (χ3n) is 7.89. The molecule has 2 aliphatic heterocycles. The second-order valence-corrected chi connectivity index (χ2v) is 10.2. The van der Waals surface area contributed by atoms with E-state index in [1.54, 1.807) is 12.3 Å². The van der Waals surface area contributed by atoms with Crippen LogP contribution in [0.15, 0.2) is 48.9 Å². The zero-order chi connectivity index (χ0) is 24.2. The van der Waals surface area contributed by atoms with E-state index in [0.29, 0.717) is 23.5 Å². The molecular formula is C26H28FN9. The Morgan fingerprint density at radius 2 is 1.97 bits per heavy atom. The van der Waals surface area contributed by atoms with Gasteiger partial charge in [-0.05, 0) is 43.0 Å². The molecule has 0 amide bonds. The Bertz CT molecular complexity index is 1420. The number of H-pyrrole nitrogens is 1. The minimum absolute atomic E-state index is 0.0110. The molecule has 5 heterocycles. The molecule has 1 aliphatic carbocycles. The zero-order valence-electron chi connectivity index (χ0n) is 19.7. The Morgan fingerprint density at radius 1 is 1.06 bits per heavy atom. The number of aromatic nitrogens is 5. The number of nitrogens with zero attached hydrogens (tertiary/aromatic N) is 5. The van der Waals surface area contributed by atoms with Crippen molar-refractivity contribution in [1.82, 2.24) is 35.8 Å². The second-order valence-electron chi connectivity index (χ2n) is 10.2. The predicted molar refractivity (Wildman–Crippen MR) is 134 cm³/mol.